The van der Waals surface area contributed by atoms with Crippen LogP contribution in [0.25, 0.3) is 0 Å². The molecule has 100 valence electrons. The van der Waals surface area contributed by atoms with E-state index in [0.29, 0.717) is 12.1 Å². The highest BCUT2D eigenvalue weighted by atomic mass is 16.5. The van der Waals surface area contributed by atoms with Crippen LogP contribution in [0.15, 0.2) is 6.20 Å². The molecule has 0 amide bonds. The molecular formula is C13H22N4O. The third kappa shape index (κ3) is 2.18. The van der Waals surface area contributed by atoms with Gasteiger partial charge in [0.15, 0.2) is 0 Å². The summed E-state index contributed by atoms with van der Waals surface area (Å²) in [4.78, 5) is 2.55. The topological polar surface area (TPSA) is 42.3 Å². The quantitative estimate of drug-likeness (QED) is 0.829. The van der Waals surface area contributed by atoms with E-state index in [1.807, 2.05) is 11.7 Å². The molecule has 1 aromatic rings. The Bertz CT molecular complexity index is 417. The summed E-state index contributed by atoms with van der Waals surface area (Å²) in [6.45, 7) is 7.10. The van der Waals surface area contributed by atoms with Gasteiger partial charge in [-0.05, 0) is 6.42 Å². The number of morpholine rings is 1. The van der Waals surface area contributed by atoms with Gasteiger partial charge in [-0.25, -0.2) is 0 Å². The Hall–Kier alpha value is -0.910. The fourth-order valence-corrected chi connectivity index (χ4v) is 3.09. The summed E-state index contributed by atoms with van der Waals surface area (Å²) in [5.41, 5.74) is 2.60. The standard InChI is InChI=1S/C13H22N4O/c1-3-11-10(8-16(2)15-11)9-17-4-5-18-13-7-14-6-12(13)17/h8,12-14H,3-7,9H2,1-2H3/t12-,13+/m1/s1. The van der Waals surface area contributed by atoms with Crippen molar-refractivity contribution >= 4 is 0 Å². The summed E-state index contributed by atoms with van der Waals surface area (Å²) in [5.74, 6) is 0. The second kappa shape index (κ2) is 4.99. The van der Waals surface area contributed by atoms with E-state index in [4.69, 9.17) is 4.74 Å². The van der Waals surface area contributed by atoms with Crippen molar-refractivity contribution in [2.24, 2.45) is 7.05 Å². The van der Waals surface area contributed by atoms with Crippen molar-refractivity contribution in [3.63, 3.8) is 0 Å². The first-order chi connectivity index (χ1) is 8.78. The Morgan fingerprint density at radius 2 is 2.39 bits per heavy atom. The van der Waals surface area contributed by atoms with Gasteiger partial charge in [0.05, 0.1) is 18.4 Å². The van der Waals surface area contributed by atoms with Crippen molar-refractivity contribution in [1.29, 1.82) is 0 Å². The van der Waals surface area contributed by atoms with Gasteiger partial charge in [0, 0.05) is 51.0 Å². The summed E-state index contributed by atoms with van der Waals surface area (Å²) >= 11 is 0. The van der Waals surface area contributed by atoms with Gasteiger partial charge in [-0.1, -0.05) is 6.92 Å². The molecule has 0 spiro atoms. The molecule has 2 fully saturated rings. The van der Waals surface area contributed by atoms with Gasteiger partial charge in [0.2, 0.25) is 0 Å². The number of aromatic nitrogens is 2. The van der Waals surface area contributed by atoms with Crippen LogP contribution in [-0.4, -0.2) is 53.1 Å². The van der Waals surface area contributed by atoms with Gasteiger partial charge in [0.25, 0.3) is 0 Å². The maximum absolute atomic E-state index is 5.81. The molecule has 0 unspecified atom stereocenters. The average molecular weight is 250 g/mol. The van der Waals surface area contributed by atoms with E-state index in [1.165, 1.54) is 11.3 Å². The maximum Gasteiger partial charge on any atom is 0.0867 e. The van der Waals surface area contributed by atoms with E-state index in [0.717, 1.165) is 39.2 Å². The Morgan fingerprint density at radius 1 is 1.50 bits per heavy atom. The summed E-state index contributed by atoms with van der Waals surface area (Å²) in [5, 5.41) is 7.95. The van der Waals surface area contributed by atoms with Crippen LogP contribution in [-0.2, 0) is 24.8 Å². The molecule has 2 saturated heterocycles. The van der Waals surface area contributed by atoms with E-state index in [2.05, 4.69) is 28.4 Å². The molecule has 0 radical (unpaired) electrons. The van der Waals surface area contributed by atoms with Crippen molar-refractivity contribution in [1.82, 2.24) is 20.0 Å². The van der Waals surface area contributed by atoms with Gasteiger partial charge in [-0.2, -0.15) is 5.10 Å². The largest absolute Gasteiger partial charge is 0.374 e. The molecule has 0 aliphatic carbocycles. The molecule has 2 atom stereocenters. The second-order valence-electron chi connectivity index (χ2n) is 5.23. The Balaban J connectivity index is 1.74. The number of nitrogens with one attached hydrogen (secondary N) is 1. The molecule has 1 aromatic heterocycles. The molecule has 0 bridgehead atoms. The smallest absolute Gasteiger partial charge is 0.0867 e. The highest BCUT2D eigenvalue weighted by molar-refractivity contribution is 5.17. The highest BCUT2D eigenvalue weighted by Gasteiger charge is 2.36. The molecule has 2 aliphatic rings. The predicted molar refractivity (Wildman–Crippen MR) is 69.4 cm³/mol. The summed E-state index contributed by atoms with van der Waals surface area (Å²) in [7, 11) is 2.00. The number of fused-ring (bicyclic) bond motifs is 1. The van der Waals surface area contributed by atoms with Crippen LogP contribution in [0.1, 0.15) is 18.2 Å². The first-order valence-corrected chi connectivity index (χ1v) is 6.85. The van der Waals surface area contributed by atoms with Crippen LogP contribution in [0.5, 0.6) is 0 Å². The maximum atomic E-state index is 5.81. The van der Waals surface area contributed by atoms with E-state index >= 15 is 0 Å². The van der Waals surface area contributed by atoms with Gasteiger partial charge < -0.3 is 10.1 Å². The fourth-order valence-electron chi connectivity index (χ4n) is 3.09. The van der Waals surface area contributed by atoms with E-state index in [1.54, 1.807) is 0 Å². The lowest BCUT2D eigenvalue weighted by Gasteiger charge is -2.36. The number of rotatable bonds is 3. The van der Waals surface area contributed by atoms with Gasteiger partial charge in [-0.15, -0.1) is 0 Å². The first-order valence-electron chi connectivity index (χ1n) is 6.85. The lowest BCUT2D eigenvalue weighted by molar-refractivity contribution is -0.0501. The zero-order valence-corrected chi connectivity index (χ0v) is 11.2. The molecule has 2 aliphatic heterocycles. The van der Waals surface area contributed by atoms with Crippen molar-refractivity contribution in [2.75, 3.05) is 26.2 Å². The molecule has 1 N–H and O–H groups in total. The molecule has 3 heterocycles. The van der Waals surface area contributed by atoms with Crippen LogP contribution in [0.4, 0.5) is 0 Å². The first kappa shape index (κ1) is 12.1. The van der Waals surface area contributed by atoms with E-state index < -0.39 is 0 Å². The minimum absolute atomic E-state index is 0.375. The van der Waals surface area contributed by atoms with E-state index in [9.17, 15) is 0 Å². The minimum Gasteiger partial charge on any atom is -0.374 e. The van der Waals surface area contributed by atoms with Crippen molar-refractivity contribution in [2.45, 2.75) is 32.0 Å². The zero-order chi connectivity index (χ0) is 12.5. The predicted octanol–water partition coefficient (Wildman–Crippen LogP) is 0.155. The molecule has 5 heteroatoms. The lowest BCUT2D eigenvalue weighted by atomic mass is 10.1. The van der Waals surface area contributed by atoms with Crippen molar-refractivity contribution < 1.29 is 4.74 Å². The Kier molecular flexibility index (Phi) is 3.37. The van der Waals surface area contributed by atoms with Crippen molar-refractivity contribution in [3.05, 3.63) is 17.5 Å². The minimum atomic E-state index is 0.375. The molecule has 18 heavy (non-hydrogen) atoms. The van der Waals surface area contributed by atoms with Crippen LogP contribution in [0, 0.1) is 0 Å². The number of hydrogen-bond acceptors (Lipinski definition) is 4. The fraction of sp³-hybridized carbons (Fsp3) is 0.769. The molecule has 3 rings (SSSR count). The SMILES string of the molecule is CCc1nn(C)cc1CN1CCO[C@H]2CNC[C@H]21. The Labute approximate surface area is 108 Å². The number of aryl methyl sites for hydroxylation is 2. The van der Waals surface area contributed by atoms with Crippen LogP contribution in [0.3, 0.4) is 0 Å². The third-order valence-electron chi connectivity index (χ3n) is 4.01. The number of hydrogen-bond donors (Lipinski definition) is 1. The highest BCUT2D eigenvalue weighted by Crippen LogP contribution is 2.21. The Morgan fingerprint density at radius 3 is 3.22 bits per heavy atom. The van der Waals surface area contributed by atoms with Gasteiger partial charge in [0.1, 0.15) is 0 Å². The van der Waals surface area contributed by atoms with E-state index in [-0.39, 0.29) is 0 Å². The number of ether oxygens (including phenoxy) is 1. The second-order valence-corrected chi connectivity index (χ2v) is 5.23. The van der Waals surface area contributed by atoms with Crippen molar-refractivity contribution in [3.8, 4) is 0 Å². The summed E-state index contributed by atoms with van der Waals surface area (Å²) < 4.78 is 7.74. The van der Waals surface area contributed by atoms with Crippen LogP contribution in [0.2, 0.25) is 0 Å². The zero-order valence-electron chi connectivity index (χ0n) is 11.2. The monoisotopic (exact) mass is 250 g/mol. The van der Waals surface area contributed by atoms with Gasteiger partial charge >= 0.3 is 0 Å². The number of nitrogens with zero attached hydrogens (tertiary/aromatic N) is 3. The molecular weight excluding hydrogens is 228 g/mol. The van der Waals surface area contributed by atoms with Crippen LogP contribution >= 0.6 is 0 Å². The molecule has 0 aromatic carbocycles. The summed E-state index contributed by atoms with van der Waals surface area (Å²) in [6, 6.07) is 0.531. The normalized spacial score (nSPS) is 28.6. The average Bonchev–Trinajstić information content (AvgIpc) is 2.96. The van der Waals surface area contributed by atoms with Crippen LogP contribution < -0.4 is 5.32 Å². The summed E-state index contributed by atoms with van der Waals surface area (Å²) in [6.07, 6.45) is 3.54. The molecule has 5 nitrogen and oxygen atoms in total. The lowest BCUT2D eigenvalue weighted by Crippen LogP contribution is -2.50. The van der Waals surface area contributed by atoms with Gasteiger partial charge in [-0.3, -0.25) is 9.58 Å². The molecule has 0 saturated carbocycles. The third-order valence-corrected chi connectivity index (χ3v) is 4.01.